The first-order valence-corrected chi connectivity index (χ1v) is 10.1. The molecule has 0 bridgehead atoms. The van der Waals surface area contributed by atoms with Gasteiger partial charge in [0.25, 0.3) is 0 Å². The molecule has 22 heavy (non-hydrogen) atoms. The first kappa shape index (κ1) is 17.6. The molecule has 2 rings (SSSR count). The van der Waals surface area contributed by atoms with Gasteiger partial charge >= 0.3 is 0 Å². The Kier molecular flexibility index (Phi) is 6.52. The molecule has 2 heterocycles. The van der Waals surface area contributed by atoms with E-state index in [4.69, 9.17) is 4.43 Å². The minimum atomic E-state index is -1.57. The van der Waals surface area contributed by atoms with E-state index in [9.17, 15) is 4.79 Å². The first-order chi connectivity index (χ1) is 10.3. The fourth-order valence-electron chi connectivity index (χ4n) is 1.35. The van der Waals surface area contributed by atoms with Crippen molar-refractivity contribution in [2.24, 2.45) is 0 Å². The zero-order chi connectivity index (χ0) is 16.6. The number of carbonyl (C=O) groups excluding carboxylic acids is 1. The summed E-state index contributed by atoms with van der Waals surface area (Å²) in [6.07, 6.45) is 9.40. The maximum Gasteiger partial charge on any atom is 0.242 e. The van der Waals surface area contributed by atoms with Gasteiger partial charge in [0.1, 0.15) is 17.1 Å². The number of rotatable bonds is 4. The third-order valence-electron chi connectivity index (χ3n) is 2.20. The van der Waals surface area contributed by atoms with Crippen LogP contribution in [-0.2, 0) is 4.43 Å². The lowest BCUT2D eigenvalue weighted by Gasteiger charge is -2.20. The van der Waals surface area contributed by atoms with Crippen molar-refractivity contribution in [1.82, 2.24) is 19.9 Å². The van der Waals surface area contributed by atoms with E-state index in [-0.39, 0.29) is 5.78 Å². The van der Waals surface area contributed by atoms with Crippen molar-refractivity contribution < 1.29 is 9.22 Å². The van der Waals surface area contributed by atoms with Crippen LogP contribution in [-0.4, -0.2) is 34.0 Å². The minimum absolute atomic E-state index is 0.0527. The van der Waals surface area contributed by atoms with Crippen LogP contribution in [0, 0.1) is 0 Å². The highest BCUT2D eigenvalue weighted by molar-refractivity contribution is 6.70. The monoisotopic (exact) mass is 316 g/mol. The fourth-order valence-corrected chi connectivity index (χ4v) is 2.19. The Bertz CT molecular complexity index is 612. The van der Waals surface area contributed by atoms with Gasteiger partial charge in [0.15, 0.2) is 5.78 Å². The van der Waals surface area contributed by atoms with Crippen LogP contribution in [0.5, 0.6) is 0 Å². The van der Waals surface area contributed by atoms with E-state index in [2.05, 4.69) is 46.2 Å². The molecular formula is C15H20N4O2Si. The molecule has 0 saturated carbocycles. The molecule has 116 valence electrons. The van der Waals surface area contributed by atoms with Gasteiger partial charge in [-0.05, 0) is 19.6 Å². The van der Waals surface area contributed by atoms with Gasteiger partial charge in [-0.3, -0.25) is 14.8 Å². The molecule has 0 fully saturated rings. The van der Waals surface area contributed by atoms with Crippen molar-refractivity contribution in [2.75, 3.05) is 0 Å². The van der Waals surface area contributed by atoms with Crippen LogP contribution in [0.3, 0.4) is 0 Å². The van der Waals surface area contributed by atoms with Gasteiger partial charge in [0.05, 0.1) is 12.4 Å². The summed E-state index contributed by atoms with van der Waals surface area (Å²) < 4.78 is 5.67. The van der Waals surface area contributed by atoms with E-state index >= 15 is 0 Å². The molecule has 0 radical (unpaired) electrons. The molecule has 0 unspecified atom stereocenters. The molecule has 6 nitrogen and oxygen atoms in total. The molecule has 0 aliphatic rings. The van der Waals surface area contributed by atoms with Crippen molar-refractivity contribution in [1.29, 1.82) is 0 Å². The van der Waals surface area contributed by atoms with E-state index in [0.29, 0.717) is 17.1 Å². The van der Waals surface area contributed by atoms with Crippen molar-refractivity contribution in [3.8, 4) is 0 Å². The molecule has 0 amide bonds. The number of carbonyl (C=O) groups is 1. The summed E-state index contributed by atoms with van der Waals surface area (Å²) in [7, 11) is -1.57. The molecule has 0 spiro atoms. The Morgan fingerprint density at radius 1 is 1.00 bits per heavy atom. The van der Waals surface area contributed by atoms with Gasteiger partial charge in [-0.25, -0.2) is 9.97 Å². The Balaban J connectivity index is 0.000000235. The minimum Gasteiger partial charge on any atom is -0.543 e. The molecule has 0 aliphatic carbocycles. The largest absolute Gasteiger partial charge is 0.543 e. The lowest BCUT2D eigenvalue weighted by atomic mass is 10.3. The quantitative estimate of drug-likeness (QED) is 0.490. The number of aromatic nitrogens is 4. The molecule has 7 heteroatoms. The van der Waals surface area contributed by atoms with Crippen molar-refractivity contribution in [2.45, 2.75) is 26.6 Å². The molecule has 0 aliphatic heterocycles. The molecule has 0 saturated heterocycles. The van der Waals surface area contributed by atoms with Crippen LogP contribution in [0.15, 0.2) is 43.8 Å². The summed E-state index contributed by atoms with van der Waals surface area (Å²) in [4.78, 5) is 26.1. The van der Waals surface area contributed by atoms with E-state index < -0.39 is 8.32 Å². The molecule has 0 aromatic carbocycles. The molecule has 0 atom stereocenters. The van der Waals surface area contributed by atoms with Gasteiger partial charge in [-0.15, -0.1) is 0 Å². The van der Waals surface area contributed by atoms with Crippen LogP contribution >= 0.6 is 0 Å². The predicted octanol–water partition coefficient (Wildman–Crippen LogP) is 2.98. The van der Waals surface area contributed by atoms with E-state index in [0.717, 1.165) is 0 Å². The molecular weight excluding hydrogens is 296 g/mol. The van der Waals surface area contributed by atoms with Crippen molar-refractivity contribution in [3.05, 3.63) is 55.1 Å². The number of hydrogen-bond donors (Lipinski definition) is 0. The third kappa shape index (κ3) is 6.85. The van der Waals surface area contributed by atoms with Crippen LogP contribution in [0.25, 0.3) is 5.76 Å². The highest BCUT2D eigenvalue weighted by atomic mass is 28.4. The average molecular weight is 316 g/mol. The number of hydrogen-bond acceptors (Lipinski definition) is 6. The molecule has 2 aromatic heterocycles. The molecule has 0 N–H and O–H groups in total. The highest BCUT2D eigenvalue weighted by Gasteiger charge is 2.17. The first-order valence-electron chi connectivity index (χ1n) is 6.71. The van der Waals surface area contributed by atoms with Gasteiger partial charge in [-0.2, -0.15) is 0 Å². The topological polar surface area (TPSA) is 77.9 Å². The Morgan fingerprint density at radius 2 is 1.50 bits per heavy atom. The molecule has 2 aromatic rings. The Morgan fingerprint density at radius 3 is 1.82 bits per heavy atom. The van der Waals surface area contributed by atoms with Gasteiger partial charge in [-0.1, -0.05) is 6.58 Å². The predicted molar refractivity (Wildman–Crippen MR) is 87.5 cm³/mol. The second-order valence-electron chi connectivity index (χ2n) is 5.38. The Hall–Kier alpha value is -2.41. The normalized spacial score (nSPS) is 10.2. The summed E-state index contributed by atoms with van der Waals surface area (Å²) >= 11 is 0. The smallest absolute Gasteiger partial charge is 0.242 e. The van der Waals surface area contributed by atoms with Gasteiger partial charge < -0.3 is 4.43 Å². The summed E-state index contributed by atoms with van der Waals surface area (Å²) in [5, 5.41) is 0. The van der Waals surface area contributed by atoms with Crippen LogP contribution in [0.1, 0.15) is 23.1 Å². The van der Waals surface area contributed by atoms with E-state index in [1.54, 1.807) is 18.6 Å². The van der Waals surface area contributed by atoms with Gasteiger partial charge in [0.2, 0.25) is 8.32 Å². The van der Waals surface area contributed by atoms with Crippen LogP contribution < -0.4 is 0 Å². The van der Waals surface area contributed by atoms with Crippen LogP contribution in [0.4, 0.5) is 0 Å². The zero-order valence-corrected chi connectivity index (χ0v) is 14.3. The summed E-state index contributed by atoms with van der Waals surface area (Å²) in [6.45, 7) is 11.6. The fraction of sp³-hybridized carbons (Fsp3) is 0.267. The number of nitrogens with zero attached hydrogens (tertiary/aromatic N) is 4. The van der Waals surface area contributed by atoms with Crippen molar-refractivity contribution >= 4 is 19.9 Å². The summed E-state index contributed by atoms with van der Waals surface area (Å²) in [5.41, 5.74) is 1.13. The van der Waals surface area contributed by atoms with Crippen molar-refractivity contribution in [3.63, 3.8) is 0 Å². The van der Waals surface area contributed by atoms with E-state index in [1.165, 1.54) is 25.5 Å². The second kappa shape index (κ2) is 8.13. The van der Waals surface area contributed by atoms with Crippen LogP contribution in [0.2, 0.25) is 19.6 Å². The zero-order valence-electron chi connectivity index (χ0n) is 13.3. The number of ketones is 1. The maximum atomic E-state index is 10.5. The van der Waals surface area contributed by atoms with E-state index in [1.807, 2.05) is 0 Å². The third-order valence-corrected chi connectivity index (χ3v) is 3.06. The SMILES string of the molecule is C=C(O[Si](C)(C)C)c1cnccn1.CC(=O)c1cnccn1. The second-order valence-corrected chi connectivity index (χ2v) is 9.80. The lowest BCUT2D eigenvalue weighted by Crippen LogP contribution is -2.24. The average Bonchev–Trinajstić information content (AvgIpc) is 2.48. The summed E-state index contributed by atoms with van der Waals surface area (Å²) in [5.74, 6) is 0.565. The Labute approximate surface area is 131 Å². The maximum absolute atomic E-state index is 10.5. The standard InChI is InChI=1S/C9H14N2OSi.C6H6N2O/c1-8(12-13(2,3)4)9-7-10-5-6-11-9;1-5(9)6-4-7-2-3-8-6/h5-7H,1H2,2-4H3;2-4H,1H3. The lowest BCUT2D eigenvalue weighted by molar-refractivity contribution is 0.101. The highest BCUT2D eigenvalue weighted by Crippen LogP contribution is 2.15. The number of Topliss-reactive ketones (excluding diaryl/α,β-unsaturated/α-hetero) is 1. The van der Waals surface area contributed by atoms with Gasteiger partial charge in [0, 0.05) is 31.7 Å². The summed E-state index contributed by atoms with van der Waals surface area (Å²) in [6, 6.07) is 0.